The molecule has 1 aliphatic heterocycles. The third kappa shape index (κ3) is 4.95. The number of nitrogens with one attached hydrogen (secondary N) is 1. The minimum atomic E-state index is -3.59. The number of ether oxygens (including phenoxy) is 1. The van der Waals surface area contributed by atoms with Crippen molar-refractivity contribution in [2.75, 3.05) is 19.6 Å². The number of benzene rings is 1. The van der Waals surface area contributed by atoms with Crippen LogP contribution in [-0.2, 0) is 21.2 Å². The van der Waals surface area contributed by atoms with E-state index in [2.05, 4.69) is 5.32 Å². The van der Waals surface area contributed by atoms with E-state index in [4.69, 9.17) is 4.74 Å². The van der Waals surface area contributed by atoms with Gasteiger partial charge in [-0.1, -0.05) is 6.07 Å². The summed E-state index contributed by atoms with van der Waals surface area (Å²) >= 11 is 1.66. The first-order valence-electron chi connectivity index (χ1n) is 8.92. The Kier molecular flexibility index (Phi) is 6.31. The van der Waals surface area contributed by atoms with Crippen LogP contribution in [0.1, 0.15) is 29.1 Å². The first-order valence-corrected chi connectivity index (χ1v) is 11.2. The molecule has 1 amide bonds. The summed E-state index contributed by atoms with van der Waals surface area (Å²) in [6.45, 7) is 4.93. The standard InChI is InChI=1S/C19H24N2O4S2/c1-14-12-21(13-15(2)25-14)27(23,24)18-7-5-16(6-8-18)19(22)20-10-9-17-4-3-11-26-17/h3-8,11,14-15H,9-10,12-13H2,1-2H3,(H,20,22). The van der Waals surface area contributed by atoms with Crippen LogP contribution in [-0.4, -0.2) is 50.5 Å². The Morgan fingerprint density at radius 3 is 2.44 bits per heavy atom. The van der Waals surface area contributed by atoms with Crippen LogP contribution < -0.4 is 5.32 Å². The van der Waals surface area contributed by atoms with E-state index in [1.807, 2.05) is 31.4 Å². The highest BCUT2D eigenvalue weighted by molar-refractivity contribution is 7.89. The van der Waals surface area contributed by atoms with Gasteiger partial charge in [-0.25, -0.2) is 8.42 Å². The Hall–Kier alpha value is -1.74. The highest BCUT2D eigenvalue weighted by Crippen LogP contribution is 2.21. The van der Waals surface area contributed by atoms with Crippen molar-refractivity contribution in [1.82, 2.24) is 9.62 Å². The van der Waals surface area contributed by atoms with Gasteiger partial charge in [-0.3, -0.25) is 4.79 Å². The quantitative estimate of drug-likeness (QED) is 0.797. The molecule has 6 nitrogen and oxygen atoms in total. The molecule has 3 rings (SSSR count). The van der Waals surface area contributed by atoms with Crippen LogP contribution in [0, 0.1) is 0 Å². The molecule has 1 saturated heterocycles. The maximum Gasteiger partial charge on any atom is 0.251 e. The fraction of sp³-hybridized carbons (Fsp3) is 0.421. The lowest BCUT2D eigenvalue weighted by Gasteiger charge is -2.34. The van der Waals surface area contributed by atoms with Gasteiger partial charge in [-0.15, -0.1) is 11.3 Å². The van der Waals surface area contributed by atoms with Crippen LogP contribution in [0.2, 0.25) is 0 Å². The lowest BCUT2D eigenvalue weighted by atomic mass is 10.2. The predicted molar refractivity (Wildman–Crippen MR) is 106 cm³/mol. The van der Waals surface area contributed by atoms with E-state index in [1.54, 1.807) is 23.5 Å². The molecule has 1 N–H and O–H groups in total. The van der Waals surface area contributed by atoms with Gasteiger partial charge < -0.3 is 10.1 Å². The number of carbonyl (C=O) groups is 1. The summed E-state index contributed by atoms with van der Waals surface area (Å²) in [5.41, 5.74) is 0.448. The van der Waals surface area contributed by atoms with Gasteiger partial charge in [0.1, 0.15) is 0 Å². The zero-order valence-corrected chi connectivity index (χ0v) is 17.1. The molecule has 1 aromatic carbocycles. The van der Waals surface area contributed by atoms with Crippen molar-refractivity contribution < 1.29 is 17.9 Å². The number of morpholine rings is 1. The van der Waals surface area contributed by atoms with Crippen molar-refractivity contribution in [1.29, 1.82) is 0 Å². The molecule has 2 unspecified atom stereocenters. The second-order valence-electron chi connectivity index (χ2n) is 6.69. The van der Waals surface area contributed by atoms with E-state index in [9.17, 15) is 13.2 Å². The first kappa shape index (κ1) is 20.0. The van der Waals surface area contributed by atoms with Crippen molar-refractivity contribution in [3.05, 3.63) is 52.2 Å². The fourth-order valence-corrected chi connectivity index (χ4v) is 5.41. The van der Waals surface area contributed by atoms with Crippen molar-refractivity contribution in [2.24, 2.45) is 0 Å². The molecule has 0 radical (unpaired) electrons. The molecular weight excluding hydrogens is 384 g/mol. The van der Waals surface area contributed by atoms with Crippen LogP contribution in [0.15, 0.2) is 46.7 Å². The van der Waals surface area contributed by atoms with Gasteiger partial charge in [0.25, 0.3) is 5.91 Å². The van der Waals surface area contributed by atoms with E-state index in [0.717, 1.165) is 6.42 Å². The van der Waals surface area contributed by atoms with E-state index in [-0.39, 0.29) is 23.0 Å². The minimum absolute atomic E-state index is 0.142. The van der Waals surface area contributed by atoms with Gasteiger partial charge in [0.15, 0.2) is 0 Å². The molecule has 0 bridgehead atoms. The zero-order valence-electron chi connectivity index (χ0n) is 15.4. The molecule has 2 atom stereocenters. The second kappa shape index (κ2) is 8.52. The maximum absolute atomic E-state index is 12.8. The van der Waals surface area contributed by atoms with Crippen LogP contribution >= 0.6 is 11.3 Å². The molecule has 0 saturated carbocycles. The number of carbonyl (C=O) groups excluding carboxylic acids is 1. The highest BCUT2D eigenvalue weighted by Gasteiger charge is 2.32. The number of nitrogens with zero attached hydrogens (tertiary/aromatic N) is 1. The Morgan fingerprint density at radius 1 is 1.19 bits per heavy atom. The Balaban J connectivity index is 1.62. The number of hydrogen-bond acceptors (Lipinski definition) is 5. The van der Waals surface area contributed by atoms with Crippen molar-refractivity contribution in [3.63, 3.8) is 0 Å². The molecular formula is C19H24N2O4S2. The molecule has 1 aliphatic rings. The Labute approximate surface area is 164 Å². The van der Waals surface area contributed by atoms with Gasteiger partial charge in [-0.2, -0.15) is 4.31 Å². The van der Waals surface area contributed by atoms with E-state index in [1.165, 1.54) is 21.3 Å². The monoisotopic (exact) mass is 408 g/mol. The molecule has 2 heterocycles. The predicted octanol–water partition coefficient (Wildman–Crippen LogP) is 2.52. The summed E-state index contributed by atoms with van der Waals surface area (Å²) in [7, 11) is -3.59. The fourth-order valence-electron chi connectivity index (χ4n) is 3.11. The summed E-state index contributed by atoms with van der Waals surface area (Å²) in [6, 6.07) is 10.1. The summed E-state index contributed by atoms with van der Waals surface area (Å²) in [5.74, 6) is -0.205. The van der Waals surface area contributed by atoms with Gasteiger partial charge >= 0.3 is 0 Å². The van der Waals surface area contributed by atoms with Crippen molar-refractivity contribution in [2.45, 2.75) is 37.4 Å². The summed E-state index contributed by atoms with van der Waals surface area (Å²) in [6.07, 6.45) is 0.498. The third-order valence-electron chi connectivity index (χ3n) is 4.38. The van der Waals surface area contributed by atoms with Crippen LogP contribution in [0.5, 0.6) is 0 Å². The lowest BCUT2D eigenvalue weighted by molar-refractivity contribution is -0.0440. The smallest absolute Gasteiger partial charge is 0.251 e. The molecule has 8 heteroatoms. The van der Waals surface area contributed by atoms with Crippen molar-refractivity contribution in [3.8, 4) is 0 Å². The number of thiophene rings is 1. The Bertz CT molecular complexity index is 854. The van der Waals surface area contributed by atoms with Crippen LogP contribution in [0.3, 0.4) is 0 Å². The summed E-state index contributed by atoms with van der Waals surface area (Å²) in [5, 5.41) is 4.87. The van der Waals surface area contributed by atoms with Crippen LogP contribution in [0.4, 0.5) is 0 Å². The van der Waals surface area contributed by atoms with Crippen molar-refractivity contribution >= 4 is 27.3 Å². The van der Waals surface area contributed by atoms with E-state index < -0.39 is 10.0 Å². The average Bonchev–Trinajstić information content (AvgIpc) is 3.14. The van der Waals surface area contributed by atoms with Gasteiger partial charge in [0.05, 0.1) is 17.1 Å². The van der Waals surface area contributed by atoms with E-state index >= 15 is 0 Å². The SMILES string of the molecule is CC1CN(S(=O)(=O)c2ccc(C(=O)NCCc3cccs3)cc2)CC(C)O1. The number of hydrogen-bond donors (Lipinski definition) is 1. The van der Waals surface area contributed by atoms with Gasteiger partial charge in [0, 0.05) is 30.1 Å². The number of sulfonamides is 1. The normalized spacial score (nSPS) is 21.1. The highest BCUT2D eigenvalue weighted by atomic mass is 32.2. The number of amides is 1. The summed E-state index contributed by atoms with van der Waals surface area (Å²) in [4.78, 5) is 13.6. The van der Waals surface area contributed by atoms with Crippen LogP contribution in [0.25, 0.3) is 0 Å². The molecule has 2 aromatic rings. The summed E-state index contributed by atoms with van der Waals surface area (Å²) < 4.78 is 32.7. The topological polar surface area (TPSA) is 75.7 Å². The lowest BCUT2D eigenvalue weighted by Crippen LogP contribution is -2.48. The third-order valence-corrected chi connectivity index (χ3v) is 7.16. The average molecular weight is 409 g/mol. The Morgan fingerprint density at radius 2 is 1.85 bits per heavy atom. The maximum atomic E-state index is 12.8. The first-order chi connectivity index (χ1) is 12.9. The molecule has 27 heavy (non-hydrogen) atoms. The largest absolute Gasteiger partial charge is 0.373 e. The van der Waals surface area contributed by atoms with E-state index in [0.29, 0.717) is 25.2 Å². The number of rotatable bonds is 6. The molecule has 146 valence electrons. The molecule has 1 fully saturated rings. The molecule has 0 spiro atoms. The van der Waals surface area contributed by atoms with Gasteiger partial charge in [0.2, 0.25) is 10.0 Å². The minimum Gasteiger partial charge on any atom is -0.373 e. The molecule has 0 aliphatic carbocycles. The zero-order chi connectivity index (χ0) is 19.4. The second-order valence-corrected chi connectivity index (χ2v) is 9.66. The van der Waals surface area contributed by atoms with Gasteiger partial charge in [-0.05, 0) is 56.0 Å². The molecule has 1 aromatic heterocycles.